The standard InChI is InChI=1S/C25H23BrFN3O2/c1-2-32-20-13-5-15(6-14-20)22-21-23(29-28-22)25(31)30(19-11-7-17(26)8-12-19)24(21)16-3-9-18(27)10-4-16/h3-14,21-24,28-29H,2H2,1H3. The van der Waals surface area contributed by atoms with Crippen molar-refractivity contribution in [1.29, 1.82) is 0 Å². The van der Waals surface area contributed by atoms with Crippen molar-refractivity contribution in [3.05, 3.63) is 94.2 Å². The molecule has 5 nitrogen and oxygen atoms in total. The fourth-order valence-electron chi connectivity index (χ4n) is 4.78. The second kappa shape index (κ2) is 8.65. The summed E-state index contributed by atoms with van der Waals surface area (Å²) in [5, 5.41) is 0. The van der Waals surface area contributed by atoms with Crippen LogP contribution < -0.4 is 20.5 Å². The van der Waals surface area contributed by atoms with Crippen LogP contribution in [0.25, 0.3) is 0 Å². The minimum absolute atomic E-state index is 0.00687. The molecule has 4 unspecified atom stereocenters. The summed E-state index contributed by atoms with van der Waals surface area (Å²) in [6, 6.07) is 21.4. The van der Waals surface area contributed by atoms with Crippen molar-refractivity contribution in [1.82, 2.24) is 10.9 Å². The van der Waals surface area contributed by atoms with E-state index in [1.807, 2.05) is 60.4 Å². The second-order valence-electron chi connectivity index (χ2n) is 8.00. The molecule has 164 valence electrons. The van der Waals surface area contributed by atoms with Crippen LogP contribution in [-0.2, 0) is 4.79 Å². The van der Waals surface area contributed by atoms with Crippen LogP contribution in [0.4, 0.5) is 10.1 Å². The van der Waals surface area contributed by atoms with Crippen molar-refractivity contribution >= 4 is 27.5 Å². The third-order valence-corrected chi connectivity index (χ3v) is 6.71. The maximum atomic E-state index is 13.7. The number of amides is 1. The van der Waals surface area contributed by atoms with Crippen LogP contribution in [0.5, 0.6) is 5.75 Å². The molecular weight excluding hydrogens is 473 g/mol. The number of benzene rings is 3. The molecule has 32 heavy (non-hydrogen) atoms. The predicted molar refractivity (Wildman–Crippen MR) is 125 cm³/mol. The minimum Gasteiger partial charge on any atom is -0.494 e. The highest BCUT2D eigenvalue weighted by molar-refractivity contribution is 9.10. The lowest BCUT2D eigenvalue weighted by molar-refractivity contribution is -0.119. The lowest BCUT2D eigenvalue weighted by atomic mass is 9.83. The summed E-state index contributed by atoms with van der Waals surface area (Å²) in [6.07, 6.45) is 0. The van der Waals surface area contributed by atoms with Gasteiger partial charge in [-0.2, -0.15) is 0 Å². The number of hydrogen-bond donors (Lipinski definition) is 2. The Hall–Kier alpha value is -2.74. The van der Waals surface area contributed by atoms with Gasteiger partial charge in [0.05, 0.1) is 18.7 Å². The Balaban J connectivity index is 1.57. The van der Waals surface area contributed by atoms with E-state index in [9.17, 15) is 9.18 Å². The molecule has 1 amide bonds. The first kappa shape index (κ1) is 21.1. The van der Waals surface area contributed by atoms with Gasteiger partial charge in [0.15, 0.2) is 0 Å². The smallest absolute Gasteiger partial charge is 0.246 e. The van der Waals surface area contributed by atoms with Crippen LogP contribution in [0.2, 0.25) is 0 Å². The summed E-state index contributed by atoms with van der Waals surface area (Å²) >= 11 is 3.47. The fraction of sp³-hybridized carbons (Fsp3) is 0.240. The van der Waals surface area contributed by atoms with Gasteiger partial charge < -0.3 is 9.64 Å². The summed E-state index contributed by atoms with van der Waals surface area (Å²) in [7, 11) is 0. The van der Waals surface area contributed by atoms with Crippen molar-refractivity contribution in [3.8, 4) is 5.75 Å². The molecule has 0 aliphatic carbocycles. The number of nitrogens with zero attached hydrogens (tertiary/aromatic N) is 1. The first-order chi connectivity index (χ1) is 15.6. The Labute approximate surface area is 194 Å². The molecule has 0 spiro atoms. The van der Waals surface area contributed by atoms with Crippen molar-refractivity contribution < 1.29 is 13.9 Å². The Morgan fingerprint density at radius 2 is 1.53 bits per heavy atom. The highest BCUT2D eigenvalue weighted by Gasteiger charge is 2.55. The van der Waals surface area contributed by atoms with Gasteiger partial charge in [-0.05, 0) is 66.6 Å². The summed E-state index contributed by atoms with van der Waals surface area (Å²) in [5.41, 5.74) is 9.33. The van der Waals surface area contributed by atoms with Gasteiger partial charge in [-0.15, -0.1) is 0 Å². The lowest BCUT2D eigenvalue weighted by Gasteiger charge is -2.31. The fourth-order valence-corrected chi connectivity index (χ4v) is 5.04. The summed E-state index contributed by atoms with van der Waals surface area (Å²) in [4.78, 5) is 15.4. The molecule has 2 heterocycles. The Morgan fingerprint density at radius 3 is 2.19 bits per heavy atom. The van der Waals surface area contributed by atoms with Gasteiger partial charge in [0.1, 0.15) is 17.6 Å². The molecule has 2 N–H and O–H groups in total. The lowest BCUT2D eigenvalue weighted by Crippen LogP contribution is -2.41. The average molecular weight is 496 g/mol. The van der Waals surface area contributed by atoms with E-state index >= 15 is 0 Å². The maximum Gasteiger partial charge on any atom is 0.246 e. The number of carbonyl (C=O) groups is 1. The van der Waals surface area contributed by atoms with Crippen molar-refractivity contribution in [2.75, 3.05) is 11.5 Å². The zero-order chi connectivity index (χ0) is 22.2. The predicted octanol–water partition coefficient (Wildman–Crippen LogP) is 4.91. The molecule has 0 saturated carbocycles. The molecule has 0 bridgehead atoms. The van der Waals surface area contributed by atoms with Crippen molar-refractivity contribution in [2.45, 2.75) is 25.0 Å². The Morgan fingerprint density at radius 1 is 0.906 bits per heavy atom. The molecular formula is C25H23BrFN3O2. The molecule has 2 aliphatic heterocycles. The number of ether oxygens (including phenoxy) is 1. The number of hydrazine groups is 1. The van der Waals surface area contributed by atoms with E-state index in [1.165, 1.54) is 12.1 Å². The number of halogens is 2. The molecule has 2 fully saturated rings. The molecule has 3 aromatic rings. The number of hydrogen-bond acceptors (Lipinski definition) is 4. The van der Waals surface area contributed by atoms with Gasteiger partial charge in [-0.3, -0.25) is 4.79 Å². The van der Waals surface area contributed by atoms with E-state index < -0.39 is 6.04 Å². The average Bonchev–Trinajstić information content (AvgIpc) is 3.35. The molecule has 4 atom stereocenters. The van der Waals surface area contributed by atoms with Gasteiger partial charge in [-0.25, -0.2) is 15.2 Å². The zero-order valence-electron chi connectivity index (χ0n) is 17.5. The van der Waals surface area contributed by atoms with Crippen molar-refractivity contribution in [2.24, 2.45) is 5.92 Å². The van der Waals surface area contributed by atoms with Gasteiger partial charge in [-0.1, -0.05) is 40.2 Å². The van der Waals surface area contributed by atoms with Crippen LogP contribution in [0.15, 0.2) is 77.3 Å². The second-order valence-corrected chi connectivity index (χ2v) is 8.92. The summed E-state index contributed by atoms with van der Waals surface area (Å²) in [6.45, 7) is 2.56. The molecule has 2 aliphatic rings. The van der Waals surface area contributed by atoms with Gasteiger partial charge >= 0.3 is 0 Å². The number of nitrogens with one attached hydrogen (secondary N) is 2. The van der Waals surface area contributed by atoms with Crippen LogP contribution in [0.3, 0.4) is 0 Å². The Bertz CT molecular complexity index is 1110. The number of fused-ring (bicyclic) bond motifs is 1. The molecule has 5 rings (SSSR count). The third kappa shape index (κ3) is 3.70. The molecule has 2 saturated heterocycles. The van der Waals surface area contributed by atoms with Gasteiger partial charge in [0, 0.05) is 16.1 Å². The van der Waals surface area contributed by atoms with E-state index in [2.05, 4.69) is 26.8 Å². The monoisotopic (exact) mass is 495 g/mol. The molecule has 0 radical (unpaired) electrons. The van der Waals surface area contributed by atoms with E-state index in [0.717, 1.165) is 27.0 Å². The van der Waals surface area contributed by atoms with E-state index in [1.54, 1.807) is 12.1 Å². The number of rotatable bonds is 5. The third-order valence-electron chi connectivity index (χ3n) is 6.18. The van der Waals surface area contributed by atoms with E-state index in [0.29, 0.717) is 6.61 Å². The van der Waals surface area contributed by atoms with Crippen LogP contribution in [0, 0.1) is 11.7 Å². The van der Waals surface area contributed by atoms with Crippen LogP contribution >= 0.6 is 15.9 Å². The zero-order valence-corrected chi connectivity index (χ0v) is 19.1. The van der Waals surface area contributed by atoms with Gasteiger partial charge in [0.25, 0.3) is 0 Å². The highest BCUT2D eigenvalue weighted by Crippen LogP contribution is 2.49. The topological polar surface area (TPSA) is 53.6 Å². The number of anilines is 1. The quantitative estimate of drug-likeness (QED) is 0.528. The van der Waals surface area contributed by atoms with Crippen LogP contribution in [0.1, 0.15) is 30.1 Å². The van der Waals surface area contributed by atoms with Gasteiger partial charge in [0.2, 0.25) is 5.91 Å². The van der Waals surface area contributed by atoms with Crippen LogP contribution in [-0.4, -0.2) is 18.6 Å². The molecule has 7 heteroatoms. The minimum atomic E-state index is -0.398. The first-order valence-corrected chi connectivity index (χ1v) is 11.4. The largest absolute Gasteiger partial charge is 0.494 e. The SMILES string of the molecule is CCOc1ccc(C2NNC3C(=O)N(c4ccc(Br)cc4)C(c4ccc(F)cc4)C32)cc1. The highest BCUT2D eigenvalue weighted by atomic mass is 79.9. The molecule has 3 aromatic carbocycles. The van der Waals surface area contributed by atoms with E-state index in [-0.39, 0.29) is 29.7 Å². The number of carbonyl (C=O) groups excluding carboxylic acids is 1. The summed E-state index contributed by atoms with van der Waals surface area (Å²) in [5.74, 6) is 0.422. The van der Waals surface area contributed by atoms with Crippen molar-refractivity contribution in [3.63, 3.8) is 0 Å². The van der Waals surface area contributed by atoms with E-state index in [4.69, 9.17) is 4.74 Å². The normalized spacial score (nSPS) is 24.6. The molecule has 0 aromatic heterocycles. The summed E-state index contributed by atoms with van der Waals surface area (Å²) < 4.78 is 20.2. The Kier molecular flexibility index (Phi) is 5.71. The first-order valence-electron chi connectivity index (χ1n) is 10.6. The maximum absolute atomic E-state index is 13.7.